The lowest BCUT2D eigenvalue weighted by Gasteiger charge is -2.40. The largest absolute Gasteiger partial charge is 0.508 e. The highest BCUT2D eigenvalue weighted by molar-refractivity contribution is 5.92. The number of para-hydroxylation sites is 2. The molecule has 0 bridgehead atoms. The van der Waals surface area contributed by atoms with Gasteiger partial charge in [-0.2, -0.15) is 0 Å². The Morgan fingerprint density at radius 1 is 0.816 bits per heavy atom. The second-order valence-electron chi connectivity index (χ2n) is 11.2. The van der Waals surface area contributed by atoms with Crippen molar-refractivity contribution < 1.29 is 15.0 Å². The average molecular weight is 515 g/mol. The van der Waals surface area contributed by atoms with Gasteiger partial charge >= 0.3 is 6.03 Å². The van der Waals surface area contributed by atoms with E-state index in [1.807, 2.05) is 35.2 Å². The van der Waals surface area contributed by atoms with Crippen LogP contribution in [0.5, 0.6) is 11.5 Å². The normalized spacial score (nSPS) is 15.0. The number of anilines is 1. The molecule has 0 radical (unpaired) electrons. The van der Waals surface area contributed by atoms with Crippen LogP contribution in [0.25, 0.3) is 0 Å². The number of benzene rings is 3. The number of hydrogen-bond donors (Lipinski definition) is 3. The van der Waals surface area contributed by atoms with E-state index in [4.69, 9.17) is 0 Å². The van der Waals surface area contributed by atoms with E-state index in [0.29, 0.717) is 6.54 Å². The minimum atomic E-state index is -0.279. The van der Waals surface area contributed by atoms with Crippen molar-refractivity contribution in [1.29, 1.82) is 0 Å². The second kappa shape index (κ2) is 12.4. The summed E-state index contributed by atoms with van der Waals surface area (Å²) in [6.07, 6.45) is 5.47. The van der Waals surface area contributed by atoms with E-state index in [9.17, 15) is 15.0 Å². The molecule has 1 aliphatic rings. The minimum absolute atomic E-state index is 0.174. The Morgan fingerprint density at radius 2 is 1.39 bits per heavy atom. The van der Waals surface area contributed by atoms with Gasteiger partial charge in [0.2, 0.25) is 0 Å². The number of hydrogen-bond acceptors (Lipinski definition) is 3. The molecule has 1 unspecified atom stereocenters. The van der Waals surface area contributed by atoms with Gasteiger partial charge in [-0.25, -0.2) is 4.79 Å². The molecule has 5 heteroatoms. The molecule has 3 N–H and O–H groups in total. The molecule has 0 aromatic heterocycles. The monoisotopic (exact) mass is 514 g/mol. The maximum Gasteiger partial charge on any atom is 0.322 e. The molecule has 1 saturated carbocycles. The summed E-state index contributed by atoms with van der Waals surface area (Å²) in [5, 5.41) is 24.2. The minimum Gasteiger partial charge on any atom is -0.508 e. The number of urea groups is 1. The van der Waals surface area contributed by atoms with Crippen LogP contribution in [0.4, 0.5) is 10.5 Å². The lowest BCUT2D eigenvalue weighted by atomic mass is 9.80. The molecular formula is C33H42N2O3. The molecule has 0 heterocycles. The maximum atomic E-state index is 14.4. The fraction of sp³-hybridized carbons (Fsp3) is 0.424. The van der Waals surface area contributed by atoms with Gasteiger partial charge in [0.25, 0.3) is 0 Å². The van der Waals surface area contributed by atoms with Crippen LogP contribution in [0, 0.1) is 5.92 Å². The number of nitrogens with zero attached hydrogens (tertiary/aromatic N) is 1. The summed E-state index contributed by atoms with van der Waals surface area (Å²) in [5.74, 6) is 1.16. The zero-order valence-corrected chi connectivity index (χ0v) is 23.2. The Balaban J connectivity index is 1.81. The number of nitrogens with one attached hydrogen (secondary N) is 1. The van der Waals surface area contributed by atoms with Crippen molar-refractivity contribution in [3.8, 4) is 11.5 Å². The third-order valence-corrected chi connectivity index (χ3v) is 7.84. The first-order chi connectivity index (χ1) is 18.3. The molecule has 38 heavy (non-hydrogen) atoms. The highest BCUT2D eigenvalue weighted by Crippen LogP contribution is 2.43. The summed E-state index contributed by atoms with van der Waals surface area (Å²) in [7, 11) is 0. The summed E-state index contributed by atoms with van der Waals surface area (Å²) < 4.78 is 0. The van der Waals surface area contributed by atoms with Gasteiger partial charge in [-0.3, -0.25) is 0 Å². The summed E-state index contributed by atoms with van der Waals surface area (Å²) in [6.45, 7) is 8.96. The summed E-state index contributed by atoms with van der Waals surface area (Å²) in [5.41, 5.74) is 4.83. The lowest BCUT2D eigenvalue weighted by molar-refractivity contribution is 0.132. The van der Waals surface area contributed by atoms with Crippen LogP contribution in [0.2, 0.25) is 0 Å². The third kappa shape index (κ3) is 6.32. The standard InChI is InChI=1S/C33H42N2O3/c1-22(2)27-14-10-15-28(23(3)4)31(27)34-33(38)35(21-24-17-19-26(36)20-18-24)32(25-11-6-5-7-12-25)29-13-8-9-16-30(29)37/h8-10,13-20,22-23,25,32,36-37H,5-7,11-12,21H2,1-4H3,(H,34,38). The molecule has 1 fully saturated rings. The van der Waals surface area contributed by atoms with Crippen LogP contribution in [-0.4, -0.2) is 21.1 Å². The fourth-order valence-electron chi connectivity index (χ4n) is 5.83. The average Bonchev–Trinajstić information content (AvgIpc) is 2.91. The van der Waals surface area contributed by atoms with Gasteiger partial charge in [0.15, 0.2) is 0 Å². The molecule has 4 rings (SSSR count). The first-order valence-corrected chi connectivity index (χ1v) is 14.0. The lowest BCUT2D eigenvalue weighted by Crippen LogP contribution is -2.41. The van der Waals surface area contributed by atoms with Gasteiger partial charge in [0, 0.05) is 17.8 Å². The number of phenols is 2. The Bertz CT molecular complexity index is 1190. The van der Waals surface area contributed by atoms with Crippen molar-refractivity contribution in [2.24, 2.45) is 5.92 Å². The van der Waals surface area contributed by atoms with Crippen molar-refractivity contribution in [3.63, 3.8) is 0 Å². The summed E-state index contributed by atoms with van der Waals surface area (Å²) >= 11 is 0. The highest BCUT2D eigenvalue weighted by Gasteiger charge is 2.35. The molecule has 3 aromatic carbocycles. The van der Waals surface area contributed by atoms with Gasteiger partial charge in [-0.05, 0) is 65.5 Å². The Kier molecular flexibility index (Phi) is 8.98. The molecule has 1 aliphatic carbocycles. The molecule has 2 amide bonds. The molecule has 0 saturated heterocycles. The topological polar surface area (TPSA) is 72.8 Å². The van der Waals surface area contributed by atoms with E-state index in [-0.39, 0.29) is 41.3 Å². The van der Waals surface area contributed by atoms with E-state index in [1.165, 1.54) is 6.42 Å². The smallest absolute Gasteiger partial charge is 0.322 e. The molecule has 0 spiro atoms. The van der Waals surface area contributed by atoms with Crippen molar-refractivity contribution in [3.05, 3.63) is 89.0 Å². The molecule has 1 atom stereocenters. The number of aromatic hydroxyl groups is 2. The quantitative estimate of drug-likeness (QED) is 0.281. The molecule has 3 aromatic rings. The Hall–Kier alpha value is -3.47. The first kappa shape index (κ1) is 27.6. The predicted octanol–water partition coefficient (Wildman–Crippen LogP) is 8.70. The second-order valence-corrected chi connectivity index (χ2v) is 11.2. The summed E-state index contributed by atoms with van der Waals surface area (Å²) in [4.78, 5) is 16.3. The molecule has 0 aliphatic heterocycles. The Morgan fingerprint density at radius 3 is 1.97 bits per heavy atom. The van der Waals surface area contributed by atoms with E-state index < -0.39 is 0 Å². The number of carbonyl (C=O) groups is 1. The summed E-state index contributed by atoms with van der Waals surface area (Å²) in [6, 6.07) is 20.3. The van der Waals surface area contributed by atoms with Crippen LogP contribution in [0.1, 0.15) is 99.9 Å². The van der Waals surface area contributed by atoms with E-state index in [2.05, 4.69) is 51.2 Å². The van der Waals surface area contributed by atoms with Crippen LogP contribution in [0.15, 0.2) is 66.7 Å². The zero-order chi connectivity index (χ0) is 27.2. The zero-order valence-electron chi connectivity index (χ0n) is 23.2. The molecular weight excluding hydrogens is 472 g/mol. The van der Waals surface area contributed by atoms with Gasteiger partial charge in [-0.1, -0.05) is 95.5 Å². The SMILES string of the molecule is CC(C)c1cccc(C(C)C)c1NC(=O)N(Cc1ccc(O)cc1)C(c1ccccc1O)C1CCCCC1. The fourth-order valence-corrected chi connectivity index (χ4v) is 5.83. The number of carbonyl (C=O) groups excluding carboxylic acids is 1. The van der Waals surface area contributed by atoms with E-state index >= 15 is 0 Å². The number of amides is 2. The van der Waals surface area contributed by atoms with E-state index in [1.54, 1.807) is 18.2 Å². The molecule has 5 nitrogen and oxygen atoms in total. The number of rotatable bonds is 8. The highest BCUT2D eigenvalue weighted by atomic mass is 16.3. The van der Waals surface area contributed by atoms with Crippen LogP contribution >= 0.6 is 0 Å². The van der Waals surface area contributed by atoms with Crippen LogP contribution in [-0.2, 0) is 6.54 Å². The van der Waals surface area contributed by atoms with Crippen molar-refractivity contribution in [2.45, 2.75) is 84.2 Å². The van der Waals surface area contributed by atoms with Crippen molar-refractivity contribution >= 4 is 11.7 Å². The third-order valence-electron chi connectivity index (χ3n) is 7.84. The first-order valence-electron chi connectivity index (χ1n) is 14.0. The Labute approximate surface area is 227 Å². The van der Waals surface area contributed by atoms with Gasteiger partial charge in [0.05, 0.1) is 6.04 Å². The molecule has 202 valence electrons. The van der Waals surface area contributed by atoms with Crippen LogP contribution in [0.3, 0.4) is 0 Å². The van der Waals surface area contributed by atoms with Crippen LogP contribution < -0.4 is 5.32 Å². The van der Waals surface area contributed by atoms with E-state index in [0.717, 1.165) is 53.6 Å². The van der Waals surface area contributed by atoms with Gasteiger partial charge in [-0.15, -0.1) is 0 Å². The van der Waals surface area contributed by atoms with Gasteiger partial charge in [0.1, 0.15) is 11.5 Å². The maximum absolute atomic E-state index is 14.4. The van der Waals surface area contributed by atoms with Crippen molar-refractivity contribution in [1.82, 2.24) is 4.90 Å². The van der Waals surface area contributed by atoms with Crippen molar-refractivity contribution in [2.75, 3.05) is 5.32 Å². The van der Waals surface area contributed by atoms with Gasteiger partial charge < -0.3 is 20.4 Å². The predicted molar refractivity (Wildman–Crippen MR) is 155 cm³/mol. The number of phenolic OH excluding ortho intramolecular Hbond substituents is 2.